The van der Waals surface area contributed by atoms with Crippen LogP contribution < -0.4 is 14.8 Å². The summed E-state index contributed by atoms with van der Waals surface area (Å²) in [6.07, 6.45) is 3.11. The highest BCUT2D eigenvalue weighted by molar-refractivity contribution is 14.1. The zero-order valence-corrected chi connectivity index (χ0v) is 13.7. The lowest BCUT2D eigenvalue weighted by atomic mass is 10.1. The minimum absolute atomic E-state index is 0.0697. The Bertz CT molecular complexity index is 690. The molecule has 2 heterocycles. The van der Waals surface area contributed by atoms with Crippen molar-refractivity contribution in [1.29, 1.82) is 0 Å². The summed E-state index contributed by atoms with van der Waals surface area (Å²) in [7, 11) is 1.65. The molecule has 1 fully saturated rings. The van der Waals surface area contributed by atoms with E-state index in [0.717, 1.165) is 26.5 Å². The van der Waals surface area contributed by atoms with Gasteiger partial charge < -0.3 is 14.8 Å². The van der Waals surface area contributed by atoms with Gasteiger partial charge in [0.15, 0.2) is 0 Å². The standard InChI is InChI=1S/C15H15IN2O3/c1-20-13-7-11-9(6-12(13)16)4-5-17-15(11)21-8-10-2-3-14(19)18-10/h4-7,10H,2-3,8H2,1H3,(H,18,19). The molecule has 1 atom stereocenters. The monoisotopic (exact) mass is 398 g/mol. The van der Waals surface area contributed by atoms with E-state index in [1.54, 1.807) is 13.3 Å². The predicted octanol–water partition coefficient (Wildman–Crippen LogP) is 2.51. The van der Waals surface area contributed by atoms with E-state index < -0.39 is 0 Å². The van der Waals surface area contributed by atoms with Crippen LogP contribution in [0.25, 0.3) is 10.8 Å². The lowest BCUT2D eigenvalue weighted by molar-refractivity contribution is -0.119. The first-order chi connectivity index (χ1) is 10.2. The summed E-state index contributed by atoms with van der Waals surface area (Å²) in [6.45, 7) is 0.437. The summed E-state index contributed by atoms with van der Waals surface area (Å²) >= 11 is 2.24. The van der Waals surface area contributed by atoms with Crippen LogP contribution in [-0.4, -0.2) is 30.6 Å². The Labute approximate surface area is 136 Å². The van der Waals surface area contributed by atoms with Crippen molar-refractivity contribution in [1.82, 2.24) is 10.3 Å². The van der Waals surface area contributed by atoms with E-state index in [4.69, 9.17) is 9.47 Å². The molecule has 0 radical (unpaired) electrons. The summed E-state index contributed by atoms with van der Waals surface area (Å²) in [5, 5.41) is 4.86. The van der Waals surface area contributed by atoms with E-state index in [1.165, 1.54) is 0 Å². The number of methoxy groups -OCH3 is 1. The second-order valence-corrected chi connectivity index (χ2v) is 6.10. The maximum Gasteiger partial charge on any atom is 0.221 e. The SMILES string of the molecule is COc1cc2c(OCC3CCC(=O)N3)nccc2cc1I. The normalized spacial score (nSPS) is 17.8. The molecule has 0 aliphatic carbocycles. The largest absolute Gasteiger partial charge is 0.496 e. The Hall–Kier alpha value is -1.57. The van der Waals surface area contributed by atoms with Gasteiger partial charge in [-0.2, -0.15) is 0 Å². The average Bonchev–Trinajstić information content (AvgIpc) is 2.90. The minimum Gasteiger partial charge on any atom is -0.496 e. The van der Waals surface area contributed by atoms with Gasteiger partial charge in [-0.05, 0) is 52.6 Å². The number of ether oxygens (including phenoxy) is 2. The van der Waals surface area contributed by atoms with E-state index in [1.807, 2.05) is 18.2 Å². The first-order valence-electron chi connectivity index (χ1n) is 6.72. The number of carbonyl (C=O) groups is 1. The highest BCUT2D eigenvalue weighted by atomic mass is 127. The van der Waals surface area contributed by atoms with E-state index in [-0.39, 0.29) is 11.9 Å². The average molecular weight is 398 g/mol. The van der Waals surface area contributed by atoms with Gasteiger partial charge in [-0.15, -0.1) is 0 Å². The zero-order chi connectivity index (χ0) is 14.8. The fraction of sp³-hybridized carbons (Fsp3) is 0.333. The van der Waals surface area contributed by atoms with Gasteiger partial charge in [0.05, 0.1) is 16.7 Å². The van der Waals surface area contributed by atoms with Gasteiger partial charge in [-0.3, -0.25) is 4.79 Å². The molecule has 6 heteroatoms. The molecular weight excluding hydrogens is 383 g/mol. The highest BCUT2D eigenvalue weighted by Crippen LogP contribution is 2.31. The van der Waals surface area contributed by atoms with Gasteiger partial charge in [-0.25, -0.2) is 4.98 Å². The molecule has 21 heavy (non-hydrogen) atoms. The fourth-order valence-electron chi connectivity index (χ4n) is 2.40. The summed E-state index contributed by atoms with van der Waals surface area (Å²) < 4.78 is 12.2. The number of carbonyl (C=O) groups excluding carboxylic acids is 1. The van der Waals surface area contributed by atoms with Gasteiger partial charge in [0, 0.05) is 18.0 Å². The number of halogens is 1. The van der Waals surface area contributed by atoms with Gasteiger partial charge in [0.2, 0.25) is 11.8 Å². The Morgan fingerprint density at radius 1 is 1.48 bits per heavy atom. The quantitative estimate of drug-likeness (QED) is 0.805. The second kappa shape index (κ2) is 6.05. The van der Waals surface area contributed by atoms with E-state index in [0.29, 0.717) is 18.9 Å². The van der Waals surface area contributed by atoms with Crippen LogP contribution in [0.5, 0.6) is 11.6 Å². The van der Waals surface area contributed by atoms with Crippen molar-refractivity contribution < 1.29 is 14.3 Å². The molecule has 1 aromatic heterocycles. The number of hydrogen-bond donors (Lipinski definition) is 1. The third-order valence-electron chi connectivity index (χ3n) is 3.51. The van der Waals surface area contributed by atoms with Gasteiger partial charge in [0.25, 0.3) is 0 Å². The Balaban J connectivity index is 1.85. The Kier molecular flexibility index (Phi) is 4.14. The van der Waals surface area contributed by atoms with Crippen LogP contribution in [0, 0.1) is 3.57 Å². The summed E-state index contributed by atoms with van der Waals surface area (Å²) in [6, 6.07) is 5.99. The van der Waals surface area contributed by atoms with E-state index in [9.17, 15) is 4.79 Å². The first-order valence-corrected chi connectivity index (χ1v) is 7.79. The van der Waals surface area contributed by atoms with Crippen molar-refractivity contribution in [2.45, 2.75) is 18.9 Å². The van der Waals surface area contributed by atoms with Crippen LogP contribution in [0.4, 0.5) is 0 Å². The molecule has 1 aliphatic heterocycles. The molecule has 110 valence electrons. The molecule has 1 aromatic carbocycles. The molecule has 1 saturated heterocycles. The topological polar surface area (TPSA) is 60.5 Å². The Morgan fingerprint density at radius 2 is 2.33 bits per heavy atom. The second-order valence-electron chi connectivity index (χ2n) is 4.94. The number of aromatic nitrogens is 1. The molecule has 2 aromatic rings. The fourth-order valence-corrected chi connectivity index (χ4v) is 3.11. The number of nitrogens with one attached hydrogen (secondary N) is 1. The van der Waals surface area contributed by atoms with Crippen molar-refractivity contribution >= 4 is 39.3 Å². The highest BCUT2D eigenvalue weighted by Gasteiger charge is 2.21. The number of fused-ring (bicyclic) bond motifs is 1. The summed E-state index contributed by atoms with van der Waals surface area (Å²) in [5.41, 5.74) is 0. The number of pyridine rings is 1. The minimum atomic E-state index is 0.0697. The molecule has 3 rings (SSSR count). The van der Waals surface area contributed by atoms with Crippen molar-refractivity contribution in [2.75, 3.05) is 13.7 Å². The molecule has 5 nitrogen and oxygen atoms in total. The molecule has 0 bridgehead atoms. The van der Waals surface area contributed by atoms with Crippen LogP contribution in [0.2, 0.25) is 0 Å². The lowest BCUT2D eigenvalue weighted by Gasteiger charge is -2.13. The third kappa shape index (κ3) is 3.04. The zero-order valence-electron chi connectivity index (χ0n) is 11.6. The van der Waals surface area contributed by atoms with Gasteiger partial charge >= 0.3 is 0 Å². The number of hydrogen-bond acceptors (Lipinski definition) is 4. The molecule has 0 spiro atoms. The van der Waals surface area contributed by atoms with Crippen molar-refractivity contribution in [3.63, 3.8) is 0 Å². The lowest BCUT2D eigenvalue weighted by Crippen LogP contribution is -2.31. The third-order valence-corrected chi connectivity index (χ3v) is 4.35. The van der Waals surface area contributed by atoms with E-state index in [2.05, 4.69) is 32.9 Å². The Morgan fingerprint density at radius 3 is 3.05 bits per heavy atom. The number of rotatable bonds is 4. The summed E-state index contributed by atoms with van der Waals surface area (Å²) in [4.78, 5) is 15.5. The smallest absolute Gasteiger partial charge is 0.221 e. The predicted molar refractivity (Wildman–Crippen MR) is 87.7 cm³/mol. The van der Waals surface area contributed by atoms with Gasteiger partial charge in [0.1, 0.15) is 12.4 Å². The van der Waals surface area contributed by atoms with Crippen molar-refractivity contribution in [3.05, 3.63) is 28.0 Å². The van der Waals surface area contributed by atoms with E-state index >= 15 is 0 Å². The summed E-state index contributed by atoms with van der Waals surface area (Å²) in [5.74, 6) is 1.46. The molecule has 1 amide bonds. The maximum absolute atomic E-state index is 11.2. The van der Waals surface area contributed by atoms with Crippen LogP contribution >= 0.6 is 22.6 Å². The van der Waals surface area contributed by atoms with Crippen molar-refractivity contribution in [3.8, 4) is 11.6 Å². The molecule has 1 N–H and O–H groups in total. The van der Waals surface area contributed by atoms with Crippen LogP contribution in [0.15, 0.2) is 24.4 Å². The number of nitrogens with zero attached hydrogens (tertiary/aromatic N) is 1. The molecular formula is C15H15IN2O3. The molecule has 1 unspecified atom stereocenters. The van der Waals surface area contributed by atoms with Gasteiger partial charge in [-0.1, -0.05) is 0 Å². The molecule has 1 aliphatic rings. The van der Waals surface area contributed by atoms with Crippen molar-refractivity contribution in [2.24, 2.45) is 0 Å². The molecule has 0 saturated carbocycles. The first kappa shape index (κ1) is 14.4. The maximum atomic E-state index is 11.2. The van der Waals surface area contributed by atoms with Crippen LogP contribution in [0.3, 0.4) is 0 Å². The van der Waals surface area contributed by atoms with Crippen LogP contribution in [-0.2, 0) is 4.79 Å². The van der Waals surface area contributed by atoms with Crippen LogP contribution in [0.1, 0.15) is 12.8 Å². The number of amides is 1. The number of benzene rings is 1.